The standard InChI is InChI=1S/C20H23NO4/c1-4-18(20(23)24)25-17-7-5-15(6-8-17)12-19(22)21-16-10-13(2)9-14(3)11-16/h5-11,18H,4,12H2,1-3H3,(H,21,22)(H,23,24)/t18-/m1/s1. The number of benzene rings is 2. The highest BCUT2D eigenvalue weighted by Crippen LogP contribution is 2.17. The van der Waals surface area contributed by atoms with Crippen LogP contribution in [0.3, 0.4) is 0 Å². The van der Waals surface area contributed by atoms with Gasteiger partial charge in [-0.3, -0.25) is 4.79 Å². The fraction of sp³-hybridized carbons (Fsp3) is 0.300. The van der Waals surface area contributed by atoms with Gasteiger partial charge >= 0.3 is 5.97 Å². The van der Waals surface area contributed by atoms with Gasteiger partial charge in [-0.25, -0.2) is 4.79 Å². The van der Waals surface area contributed by atoms with Crippen molar-refractivity contribution in [3.8, 4) is 5.75 Å². The third-order valence-corrected chi connectivity index (χ3v) is 3.72. The zero-order valence-electron chi connectivity index (χ0n) is 14.7. The number of carbonyl (C=O) groups excluding carboxylic acids is 1. The van der Waals surface area contributed by atoms with E-state index in [-0.39, 0.29) is 12.3 Å². The molecular formula is C20H23NO4. The number of hydrogen-bond donors (Lipinski definition) is 2. The van der Waals surface area contributed by atoms with Crippen molar-refractivity contribution in [1.29, 1.82) is 0 Å². The Morgan fingerprint density at radius 3 is 2.20 bits per heavy atom. The van der Waals surface area contributed by atoms with Gasteiger partial charge in [0, 0.05) is 5.69 Å². The molecule has 1 amide bonds. The van der Waals surface area contributed by atoms with Crippen LogP contribution in [0.1, 0.15) is 30.0 Å². The minimum absolute atomic E-state index is 0.101. The molecule has 132 valence electrons. The lowest BCUT2D eigenvalue weighted by molar-refractivity contribution is -0.145. The predicted octanol–water partition coefficient (Wildman–Crippen LogP) is 3.73. The molecule has 1 atom stereocenters. The van der Waals surface area contributed by atoms with Crippen LogP contribution < -0.4 is 10.1 Å². The van der Waals surface area contributed by atoms with E-state index in [4.69, 9.17) is 9.84 Å². The number of carbonyl (C=O) groups is 2. The minimum Gasteiger partial charge on any atom is -0.479 e. The summed E-state index contributed by atoms with van der Waals surface area (Å²) in [5.74, 6) is -0.609. The lowest BCUT2D eigenvalue weighted by atomic mass is 10.1. The lowest BCUT2D eigenvalue weighted by Crippen LogP contribution is -2.25. The monoisotopic (exact) mass is 341 g/mol. The summed E-state index contributed by atoms with van der Waals surface area (Å²) in [6.45, 7) is 5.73. The van der Waals surface area contributed by atoms with E-state index in [1.165, 1.54) is 0 Å². The van der Waals surface area contributed by atoms with Gasteiger partial charge in [0.15, 0.2) is 6.10 Å². The molecule has 0 heterocycles. The van der Waals surface area contributed by atoms with Crippen molar-refractivity contribution in [3.05, 3.63) is 59.2 Å². The second-order valence-electron chi connectivity index (χ2n) is 6.10. The number of aryl methyl sites for hydroxylation is 2. The van der Waals surface area contributed by atoms with Crippen LogP contribution in [0.25, 0.3) is 0 Å². The molecule has 5 heteroatoms. The Hall–Kier alpha value is -2.82. The van der Waals surface area contributed by atoms with E-state index in [1.54, 1.807) is 31.2 Å². The average Bonchev–Trinajstić information content (AvgIpc) is 2.52. The molecule has 25 heavy (non-hydrogen) atoms. The van der Waals surface area contributed by atoms with E-state index in [1.807, 2.05) is 26.0 Å². The van der Waals surface area contributed by atoms with Gasteiger partial charge in [0.2, 0.25) is 5.91 Å². The third kappa shape index (κ3) is 5.64. The second kappa shape index (κ2) is 8.33. The van der Waals surface area contributed by atoms with Crippen molar-refractivity contribution >= 4 is 17.6 Å². The lowest BCUT2D eigenvalue weighted by Gasteiger charge is -2.13. The molecule has 5 nitrogen and oxygen atoms in total. The Kier molecular flexibility index (Phi) is 6.17. The Morgan fingerprint density at radius 1 is 1.08 bits per heavy atom. The summed E-state index contributed by atoms with van der Waals surface area (Å²) in [6, 6.07) is 12.8. The topological polar surface area (TPSA) is 75.6 Å². The molecule has 2 aromatic carbocycles. The van der Waals surface area contributed by atoms with Crippen molar-refractivity contribution in [2.75, 3.05) is 5.32 Å². The van der Waals surface area contributed by atoms with Crippen LogP contribution >= 0.6 is 0 Å². The smallest absolute Gasteiger partial charge is 0.344 e. The minimum atomic E-state index is -0.987. The number of ether oxygens (including phenoxy) is 1. The van der Waals surface area contributed by atoms with Crippen LogP contribution in [0.15, 0.2) is 42.5 Å². The maximum absolute atomic E-state index is 12.2. The van der Waals surface area contributed by atoms with Crippen LogP contribution in [0, 0.1) is 13.8 Å². The van der Waals surface area contributed by atoms with E-state index in [9.17, 15) is 9.59 Å². The van der Waals surface area contributed by atoms with Crippen LogP contribution in [0.5, 0.6) is 5.75 Å². The van der Waals surface area contributed by atoms with Gasteiger partial charge in [0.05, 0.1) is 6.42 Å². The first kappa shape index (κ1) is 18.5. The van der Waals surface area contributed by atoms with Gasteiger partial charge < -0.3 is 15.2 Å². The van der Waals surface area contributed by atoms with Gasteiger partial charge in [0.25, 0.3) is 0 Å². The number of carboxylic acid groups (broad SMARTS) is 1. The van der Waals surface area contributed by atoms with Gasteiger partial charge in [-0.1, -0.05) is 25.1 Å². The predicted molar refractivity (Wildman–Crippen MR) is 97.0 cm³/mol. The summed E-state index contributed by atoms with van der Waals surface area (Å²) >= 11 is 0. The van der Waals surface area contributed by atoms with Gasteiger partial charge in [-0.15, -0.1) is 0 Å². The molecule has 0 aliphatic carbocycles. The highest BCUT2D eigenvalue weighted by molar-refractivity contribution is 5.92. The first-order valence-electron chi connectivity index (χ1n) is 8.24. The highest BCUT2D eigenvalue weighted by Gasteiger charge is 2.16. The molecule has 0 aliphatic rings. The largest absolute Gasteiger partial charge is 0.479 e. The SMILES string of the molecule is CC[C@@H](Oc1ccc(CC(=O)Nc2cc(C)cc(C)c2)cc1)C(=O)O. The number of amides is 1. The normalized spacial score (nSPS) is 11.6. The fourth-order valence-corrected chi connectivity index (χ4v) is 2.60. The number of nitrogens with one attached hydrogen (secondary N) is 1. The molecule has 0 bridgehead atoms. The van der Waals surface area contributed by atoms with Crippen LogP contribution in [-0.2, 0) is 16.0 Å². The molecule has 0 fully saturated rings. The number of carboxylic acids is 1. The van der Waals surface area contributed by atoms with E-state index in [0.29, 0.717) is 12.2 Å². The van der Waals surface area contributed by atoms with Crippen molar-refractivity contribution in [1.82, 2.24) is 0 Å². The van der Waals surface area contributed by atoms with E-state index in [0.717, 1.165) is 22.4 Å². The quantitative estimate of drug-likeness (QED) is 0.805. The number of anilines is 1. The van der Waals surface area contributed by atoms with Crippen molar-refractivity contribution in [2.45, 2.75) is 39.7 Å². The molecule has 0 spiro atoms. The third-order valence-electron chi connectivity index (χ3n) is 3.72. The number of hydrogen-bond acceptors (Lipinski definition) is 3. The van der Waals surface area contributed by atoms with Gasteiger partial charge in [-0.05, 0) is 61.2 Å². The van der Waals surface area contributed by atoms with E-state index < -0.39 is 12.1 Å². The van der Waals surface area contributed by atoms with Gasteiger partial charge in [0.1, 0.15) is 5.75 Å². The van der Waals surface area contributed by atoms with Crippen LogP contribution in [0.4, 0.5) is 5.69 Å². The van der Waals surface area contributed by atoms with Crippen molar-refractivity contribution < 1.29 is 19.4 Å². The zero-order valence-corrected chi connectivity index (χ0v) is 14.7. The molecule has 0 saturated heterocycles. The van der Waals surface area contributed by atoms with Crippen molar-refractivity contribution in [2.24, 2.45) is 0 Å². The maximum atomic E-state index is 12.2. The van der Waals surface area contributed by atoms with Crippen molar-refractivity contribution in [3.63, 3.8) is 0 Å². The summed E-state index contributed by atoms with van der Waals surface area (Å²) in [5, 5.41) is 11.9. The maximum Gasteiger partial charge on any atom is 0.344 e. The van der Waals surface area contributed by atoms with E-state index in [2.05, 4.69) is 11.4 Å². The molecule has 2 aromatic rings. The van der Waals surface area contributed by atoms with Gasteiger partial charge in [-0.2, -0.15) is 0 Å². The Labute approximate surface area is 147 Å². The van der Waals surface area contributed by atoms with E-state index >= 15 is 0 Å². The molecule has 0 radical (unpaired) electrons. The average molecular weight is 341 g/mol. The second-order valence-corrected chi connectivity index (χ2v) is 6.10. The summed E-state index contributed by atoms with van der Waals surface area (Å²) in [5.41, 5.74) is 3.81. The zero-order chi connectivity index (χ0) is 18.4. The Bertz CT molecular complexity index is 733. The molecule has 2 rings (SSSR count). The molecular weight excluding hydrogens is 318 g/mol. The van der Waals surface area contributed by atoms with Crippen LogP contribution in [-0.4, -0.2) is 23.1 Å². The fourth-order valence-electron chi connectivity index (χ4n) is 2.60. The first-order valence-corrected chi connectivity index (χ1v) is 8.24. The van der Waals surface area contributed by atoms with Crippen LogP contribution in [0.2, 0.25) is 0 Å². The molecule has 2 N–H and O–H groups in total. The molecule has 0 aromatic heterocycles. The molecule has 0 aliphatic heterocycles. The summed E-state index contributed by atoms with van der Waals surface area (Å²) < 4.78 is 5.41. The summed E-state index contributed by atoms with van der Waals surface area (Å²) in [7, 11) is 0. The Balaban J connectivity index is 1.96. The summed E-state index contributed by atoms with van der Waals surface area (Å²) in [4.78, 5) is 23.2. The number of aliphatic carboxylic acids is 1. The summed E-state index contributed by atoms with van der Waals surface area (Å²) in [6.07, 6.45) is -0.238. The first-order chi connectivity index (χ1) is 11.9. The highest BCUT2D eigenvalue weighted by atomic mass is 16.5. The molecule has 0 saturated carbocycles. The number of rotatable bonds is 7. The Morgan fingerprint density at radius 2 is 1.68 bits per heavy atom. The molecule has 0 unspecified atom stereocenters.